The van der Waals surface area contributed by atoms with Crippen molar-refractivity contribution in [3.63, 3.8) is 0 Å². The second kappa shape index (κ2) is 6.49. The van der Waals surface area contributed by atoms with Crippen molar-refractivity contribution in [1.82, 2.24) is 0 Å². The molecule has 0 saturated heterocycles. The lowest BCUT2D eigenvalue weighted by atomic mass is 10.1. The summed E-state index contributed by atoms with van der Waals surface area (Å²) < 4.78 is 0.840. The van der Waals surface area contributed by atoms with Crippen LogP contribution < -0.4 is 5.32 Å². The van der Waals surface area contributed by atoms with Crippen LogP contribution in [0.15, 0.2) is 34.8 Å². The highest BCUT2D eigenvalue weighted by Crippen LogP contribution is 2.34. The maximum atomic E-state index is 8.85. The molecule has 2 aromatic rings. The highest BCUT2D eigenvalue weighted by Gasteiger charge is 2.08. The fourth-order valence-electron chi connectivity index (χ4n) is 1.86. The Labute approximate surface area is 136 Å². The first-order valence-corrected chi connectivity index (χ1v) is 7.44. The third-order valence-corrected chi connectivity index (χ3v) is 3.99. The van der Waals surface area contributed by atoms with Gasteiger partial charge >= 0.3 is 0 Å². The topological polar surface area (TPSA) is 35.8 Å². The third-order valence-electron chi connectivity index (χ3n) is 2.93. The van der Waals surface area contributed by atoms with Gasteiger partial charge in [0.05, 0.1) is 27.4 Å². The number of hydrogen-bond acceptors (Lipinski definition) is 2. The molecular weight excluding hydrogens is 359 g/mol. The van der Waals surface area contributed by atoms with Gasteiger partial charge in [0, 0.05) is 11.0 Å². The predicted molar refractivity (Wildman–Crippen MR) is 87.4 cm³/mol. The average molecular weight is 370 g/mol. The van der Waals surface area contributed by atoms with Crippen LogP contribution in [0, 0.1) is 18.3 Å². The Morgan fingerprint density at radius 2 is 1.85 bits per heavy atom. The normalized spacial score (nSPS) is 10.2. The molecule has 0 radical (unpaired) electrons. The van der Waals surface area contributed by atoms with Gasteiger partial charge in [-0.25, -0.2) is 0 Å². The smallest absolute Gasteiger partial charge is 0.0991 e. The number of aryl methyl sites for hydroxylation is 1. The molecule has 0 aliphatic carbocycles. The van der Waals surface area contributed by atoms with Gasteiger partial charge in [-0.2, -0.15) is 5.26 Å². The number of nitrogens with one attached hydrogen (secondary N) is 1. The molecule has 2 aromatic carbocycles. The van der Waals surface area contributed by atoms with E-state index >= 15 is 0 Å². The summed E-state index contributed by atoms with van der Waals surface area (Å²) in [4.78, 5) is 0. The number of nitriles is 1. The lowest BCUT2D eigenvalue weighted by molar-refractivity contribution is 1.12. The van der Waals surface area contributed by atoms with Gasteiger partial charge in [-0.15, -0.1) is 0 Å². The van der Waals surface area contributed by atoms with Gasteiger partial charge in [-0.1, -0.05) is 45.2 Å². The number of anilines is 1. The van der Waals surface area contributed by atoms with Gasteiger partial charge in [-0.05, 0) is 42.3 Å². The fraction of sp³-hybridized carbons (Fsp3) is 0.133. The molecule has 0 spiro atoms. The molecule has 0 fully saturated rings. The van der Waals surface area contributed by atoms with Gasteiger partial charge in [0.25, 0.3) is 0 Å². The van der Waals surface area contributed by atoms with Gasteiger partial charge < -0.3 is 5.32 Å². The molecule has 5 heteroatoms. The third kappa shape index (κ3) is 3.46. The first kappa shape index (κ1) is 15.2. The highest BCUT2D eigenvalue weighted by molar-refractivity contribution is 9.10. The first-order chi connectivity index (χ1) is 9.51. The number of nitrogens with zero attached hydrogens (tertiary/aromatic N) is 1. The SMILES string of the molecule is Cc1cc(C#N)ccc1CNc1c(Cl)cc(Br)cc1Cl. The maximum Gasteiger partial charge on any atom is 0.0991 e. The average Bonchev–Trinajstić information content (AvgIpc) is 2.39. The van der Waals surface area contributed by atoms with Crippen molar-refractivity contribution in [2.45, 2.75) is 13.5 Å². The Kier molecular flexibility index (Phi) is 4.93. The first-order valence-electron chi connectivity index (χ1n) is 5.89. The molecule has 0 bridgehead atoms. The van der Waals surface area contributed by atoms with Crippen molar-refractivity contribution < 1.29 is 0 Å². The molecule has 1 N–H and O–H groups in total. The van der Waals surface area contributed by atoms with E-state index in [0.29, 0.717) is 27.8 Å². The van der Waals surface area contributed by atoms with Gasteiger partial charge in [0.1, 0.15) is 0 Å². The van der Waals surface area contributed by atoms with Crippen LogP contribution in [0.25, 0.3) is 0 Å². The van der Waals surface area contributed by atoms with Crippen LogP contribution in [0.4, 0.5) is 5.69 Å². The summed E-state index contributed by atoms with van der Waals surface area (Å²) in [5, 5.41) is 13.2. The van der Waals surface area contributed by atoms with Crippen molar-refractivity contribution >= 4 is 44.8 Å². The number of hydrogen-bond donors (Lipinski definition) is 1. The van der Waals surface area contributed by atoms with Crippen LogP contribution in [-0.4, -0.2) is 0 Å². The van der Waals surface area contributed by atoms with Crippen LogP contribution in [0.1, 0.15) is 16.7 Å². The summed E-state index contributed by atoms with van der Waals surface area (Å²) in [6.07, 6.45) is 0. The fourth-order valence-corrected chi connectivity index (χ4v) is 3.20. The summed E-state index contributed by atoms with van der Waals surface area (Å²) in [7, 11) is 0. The molecule has 2 nitrogen and oxygen atoms in total. The van der Waals surface area contributed by atoms with E-state index in [-0.39, 0.29) is 0 Å². The van der Waals surface area contributed by atoms with E-state index in [1.165, 1.54) is 0 Å². The van der Waals surface area contributed by atoms with Crippen LogP contribution in [0.3, 0.4) is 0 Å². The van der Waals surface area contributed by atoms with E-state index in [1.54, 1.807) is 18.2 Å². The molecule has 102 valence electrons. The quantitative estimate of drug-likeness (QED) is 0.769. The van der Waals surface area contributed by atoms with Gasteiger partial charge in [0.2, 0.25) is 0 Å². The van der Waals surface area contributed by atoms with E-state index in [1.807, 2.05) is 19.1 Å². The van der Waals surface area contributed by atoms with Crippen LogP contribution in [0.2, 0.25) is 10.0 Å². The molecular formula is C15H11BrCl2N2. The zero-order valence-electron chi connectivity index (χ0n) is 10.7. The molecule has 0 saturated carbocycles. The number of rotatable bonds is 3. The maximum absolute atomic E-state index is 8.85. The summed E-state index contributed by atoms with van der Waals surface area (Å²) in [5.41, 5.74) is 3.52. The van der Waals surface area contributed by atoms with Crippen molar-refractivity contribution in [2.24, 2.45) is 0 Å². The van der Waals surface area contributed by atoms with Crippen molar-refractivity contribution in [3.8, 4) is 6.07 Å². The molecule has 20 heavy (non-hydrogen) atoms. The monoisotopic (exact) mass is 368 g/mol. The second-order valence-corrected chi connectivity index (χ2v) is 6.08. The Bertz CT molecular complexity index is 670. The predicted octanol–water partition coefficient (Wildman–Crippen LogP) is 5.55. The lowest BCUT2D eigenvalue weighted by Gasteiger charge is -2.12. The standard InChI is InChI=1S/C15H11BrCl2N2/c1-9-4-10(7-19)2-3-11(9)8-20-15-13(17)5-12(16)6-14(15)18/h2-6,20H,8H2,1H3. The highest BCUT2D eigenvalue weighted by atomic mass is 79.9. The number of halogens is 3. The number of benzene rings is 2. The van der Waals surface area contributed by atoms with E-state index < -0.39 is 0 Å². The largest absolute Gasteiger partial charge is 0.379 e. The van der Waals surface area contributed by atoms with Crippen molar-refractivity contribution in [2.75, 3.05) is 5.32 Å². The van der Waals surface area contributed by atoms with Gasteiger partial charge in [0.15, 0.2) is 0 Å². The Morgan fingerprint density at radius 3 is 2.40 bits per heavy atom. The summed E-state index contributed by atoms with van der Waals surface area (Å²) >= 11 is 15.7. The molecule has 0 aliphatic heterocycles. The zero-order chi connectivity index (χ0) is 14.7. The minimum Gasteiger partial charge on any atom is -0.379 e. The molecule has 0 atom stereocenters. The van der Waals surface area contributed by atoms with Crippen molar-refractivity contribution in [3.05, 3.63) is 61.5 Å². The Hall–Kier alpha value is -1.21. The van der Waals surface area contributed by atoms with E-state index in [2.05, 4.69) is 27.3 Å². The molecule has 0 aliphatic rings. The summed E-state index contributed by atoms with van der Waals surface area (Å²) in [6, 6.07) is 11.3. The lowest BCUT2D eigenvalue weighted by Crippen LogP contribution is -2.02. The van der Waals surface area contributed by atoms with Crippen LogP contribution in [0.5, 0.6) is 0 Å². The molecule has 0 heterocycles. The van der Waals surface area contributed by atoms with E-state index in [4.69, 9.17) is 28.5 Å². The minimum absolute atomic E-state index is 0.565. The Morgan fingerprint density at radius 1 is 1.20 bits per heavy atom. The van der Waals surface area contributed by atoms with E-state index in [9.17, 15) is 0 Å². The van der Waals surface area contributed by atoms with Crippen LogP contribution >= 0.6 is 39.1 Å². The van der Waals surface area contributed by atoms with Crippen molar-refractivity contribution in [1.29, 1.82) is 5.26 Å². The molecule has 0 amide bonds. The second-order valence-electron chi connectivity index (χ2n) is 4.35. The van der Waals surface area contributed by atoms with Gasteiger partial charge in [-0.3, -0.25) is 0 Å². The molecule has 0 aromatic heterocycles. The summed E-state index contributed by atoms with van der Waals surface area (Å²) in [6.45, 7) is 2.57. The summed E-state index contributed by atoms with van der Waals surface area (Å²) in [5.74, 6) is 0. The Balaban J connectivity index is 2.20. The van der Waals surface area contributed by atoms with Crippen LogP contribution in [-0.2, 0) is 6.54 Å². The minimum atomic E-state index is 0.565. The van der Waals surface area contributed by atoms with E-state index in [0.717, 1.165) is 15.6 Å². The molecule has 0 unspecified atom stereocenters. The zero-order valence-corrected chi connectivity index (χ0v) is 13.8. The molecule has 2 rings (SSSR count).